The summed E-state index contributed by atoms with van der Waals surface area (Å²) in [4.78, 5) is 28.7. The van der Waals surface area contributed by atoms with Gasteiger partial charge in [0.05, 0.1) is 22.8 Å². The number of likely N-dealkylation sites (tertiary alicyclic amines) is 1. The molecule has 0 unspecified atom stereocenters. The van der Waals surface area contributed by atoms with E-state index in [9.17, 15) is 9.59 Å². The monoisotopic (exact) mass is 482 g/mol. The third kappa shape index (κ3) is 6.73. The van der Waals surface area contributed by atoms with Gasteiger partial charge >= 0.3 is 6.03 Å². The Morgan fingerprint density at radius 2 is 1.75 bits per heavy atom. The van der Waals surface area contributed by atoms with Crippen molar-refractivity contribution < 1.29 is 14.3 Å². The van der Waals surface area contributed by atoms with Gasteiger partial charge in [0.1, 0.15) is 0 Å². The first-order chi connectivity index (χ1) is 15.5. The van der Waals surface area contributed by atoms with E-state index < -0.39 is 0 Å². The normalized spacial score (nSPS) is 22.6. The Kier molecular flexibility index (Phi) is 8.16. The molecule has 3 amide bonds. The zero-order valence-electron chi connectivity index (χ0n) is 18.3. The maximum Gasteiger partial charge on any atom is 0.314 e. The number of ether oxygens (including phenoxy) is 1. The second-order valence-corrected chi connectivity index (χ2v) is 9.92. The largest absolute Gasteiger partial charge is 0.374 e. The number of rotatable bonds is 7. The predicted molar refractivity (Wildman–Crippen MR) is 125 cm³/mol. The number of morpholine rings is 1. The summed E-state index contributed by atoms with van der Waals surface area (Å²) >= 11 is 12.1. The average molecular weight is 483 g/mol. The van der Waals surface area contributed by atoms with Crippen LogP contribution >= 0.6 is 23.2 Å². The molecule has 0 aromatic heterocycles. The molecule has 0 bridgehead atoms. The van der Waals surface area contributed by atoms with Crippen LogP contribution in [0.5, 0.6) is 0 Å². The summed E-state index contributed by atoms with van der Waals surface area (Å²) in [6.45, 7) is 5.73. The van der Waals surface area contributed by atoms with E-state index in [4.69, 9.17) is 27.9 Å². The molecule has 4 rings (SSSR count). The van der Waals surface area contributed by atoms with E-state index in [1.54, 1.807) is 0 Å². The highest BCUT2D eigenvalue weighted by atomic mass is 35.5. The van der Waals surface area contributed by atoms with Crippen molar-refractivity contribution in [1.29, 1.82) is 0 Å². The fourth-order valence-corrected chi connectivity index (χ4v) is 4.72. The standard InChI is InChI=1S/C23H32Cl2N4O3/c24-20-4-1-17(11-21(20)25)14-28-9-10-32-19(15-28)13-27-23(31)26-12-16-5-7-29(8-6-16)22(30)18-2-3-18/h1,4,11,16,18-19H,2-3,5-10,12-15H2,(H2,26,27,31)/t19-/m0/s1. The van der Waals surface area contributed by atoms with E-state index in [1.165, 1.54) is 0 Å². The molecule has 3 aliphatic rings. The molecule has 2 N–H and O–H groups in total. The summed E-state index contributed by atoms with van der Waals surface area (Å²) < 4.78 is 5.82. The number of nitrogens with zero attached hydrogens (tertiary/aromatic N) is 2. The first kappa shape index (κ1) is 23.6. The van der Waals surface area contributed by atoms with Crippen LogP contribution in [0, 0.1) is 11.8 Å². The molecule has 3 fully saturated rings. The highest BCUT2D eigenvalue weighted by Gasteiger charge is 2.34. The maximum atomic E-state index is 12.3. The summed E-state index contributed by atoms with van der Waals surface area (Å²) in [5, 5.41) is 7.04. The molecule has 2 saturated heterocycles. The van der Waals surface area contributed by atoms with E-state index in [2.05, 4.69) is 15.5 Å². The number of benzene rings is 1. The quantitative estimate of drug-likeness (QED) is 0.625. The summed E-state index contributed by atoms with van der Waals surface area (Å²) in [5.74, 6) is 1.05. The van der Waals surface area contributed by atoms with Crippen molar-refractivity contribution in [3.8, 4) is 0 Å². The molecule has 32 heavy (non-hydrogen) atoms. The molecule has 9 heteroatoms. The molecule has 2 heterocycles. The van der Waals surface area contributed by atoms with Crippen LogP contribution in [0.25, 0.3) is 0 Å². The number of amides is 3. The number of halogens is 2. The Bertz CT molecular complexity index is 812. The molecule has 7 nitrogen and oxygen atoms in total. The molecule has 2 aliphatic heterocycles. The van der Waals surface area contributed by atoms with Crippen LogP contribution < -0.4 is 10.6 Å². The highest BCUT2D eigenvalue weighted by molar-refractivity contribution is 6.42. The van der Waals surface area contributed by atoms with Crippen molar-refractivity contribution in [2.45, 2.75) is 38.3 Å². The van der Waals surface area contributed by atoms with Crippen LogP contribution in [0.1, 0.15) is 31.2 Å². The first-order valence-corrected chi connectivity index (χ1v) is 12.3. The number of carbonyl (C=O) groups is 2. The topological polar surface area (TPSA) is 73.9 Å². The van der Waals surface area contributed by atoms with Gasteiger partial charge in [-0.2, -0.15) is 0 Å². The lowest BCUT2D eigenvalue weighted by molar-refractivity contribution is -0.133. The average Bonchev–Trinajstić information content (AvgIpc) is 3.64. The van der Waals surface area contributed by atoms with Crippen molar-refractivity contribution >= 4 is 35.1 Å². The van der Waals surface area contributed by atoms with E-state index in [0.29, 0.717) is 41.6 Å². The van der Waals surface area contributed by atoms with Gasteiger partial charge in [0, 0.05) is 51.7 Å². The molecular weight excluding hydrogens is 451 g/mol. The zero-order valence-corrected chi connectivity index (χ0v) is 19.8. The molecular formula is C23H32Cl2N4O3. The minimum atomic E-state index is -0.160. The fourth-order valence-electron chi connectivity index (χ4n) is 4.40. The number of nitrogens with one attached hydrogen (secondary N) is 2. The Morgan fingerprint density at radius 3 is 2.47 bits per heavy atom. The minimum absolute atomic E-state index is 0.0473. The van der Waals surface area contributed by atoms with Crippen molar-refractivity contribution in [3.63, 3.8) is 0 Å². The van der Waals surface area contributed by atoms with Crippen molar-refractivity contribution in [3.05, 3.63) is 33.8 Å². The summed E-state index contributed by atoms with van der Waals surface area (Å²) in [5.41, 5.74) is 1.11. The van der Waals surface area contributed by atoms with Gasteiger partial charge in [0.2, 0.25) is 5.91 Å². The Balaban J connectivity index is 1.12. The zero-order chi connectivity index (χ0) is 22.5. The lowest BCUT2D eigenvalue weighted by Crippen LogP contribution is -2.49. The summed E-state index contributed by atoms with van der Waals surface area (Å²) in [7, 11) is 0. The Morgan fingerprint density at radius 1 is 1.00 bits per heavy atom. The number of hydrogen-bond acceptors (Lipinski definition) is 4. The first-order valence-electron chi connectivity index (χ1n) is 11.6. The van der Waals surface area contributed by atoms with Crippen molar-refractivity contribution in [1.82, 2.24) is 20.4 Å². The molecule has 1 aliphatic carbocycles. The van der Waals surface area contributed by atoms with Gasteiger partial charge in [-0.15, -0.1) is 0 Å². The molecule has 0 spiro atoms. The van der Waals surface area contributed by atoms with Crippen LogP contribution in [0.15, 0.2) is 18.2 Å². The van der Waals surface area contributed by atoms with E-state index >= 15 is 0 Å². The van der Waals surface area contributed by atoms with Crippen LogP contribution in [0.4, 0.5) is 4.79 Å². The number of piperidine rings is 1. The molecule has 1 atom stereocenters. The fraction of sp³-hybridized carbons (Fsp3) is 0.652. The number of urea groups is 1. The number of carbonyl (C=O) groups excluding carboxylic acids is 2. The van der Waals surface area contributed by atoms with Gasteiger partial charge in [-0.1, -0.05) is 29.3 Å². The smallest absolute Gasteiger partial charge is 0.314 e. The van der Waals surface area contributed by atoms with Crippen LogP contribution in [-0.4, -0.2) is 73.7 Å². The predicted octanol–water partition coefficient (Wildman–Crippen LogP) is 3.14. The molecule has 176 valence electrons. The van der Waals surface area contributed by atoms with Crippen molar-refractivity contribution in [2.75, 3.05) is 45.9 Å². The third-order valence-electron chi connectivity index (χ3n) is 6.51. The van der Waals surface area contributed by atoms with Gasteiger partial charge < -0.3 is 20.3 Å². The van der Waals surface area contributed by atoms with E-state index in [-0.39, 0.29) is 18.1 Å². The van der Waals surface area contributed by atoms with Gasteiger partial charge in [-0.25, -0.2) is 4.79 Å². The van der Waals surface area contributed by atoms with Gasteiger partial charge in [0.15, 0.2) is 0 Å². The molecule has 1 saturated carbocycles. The minimum Gasteiger partial charge on any atom is -0.374 e. The Hall–Kier alpha value is -1.54. The van der Waals surface area contributed by atoms with E-state index in [0.717, 1.165) is 64.0 Å². The van der Waals surface area contributed by atoms with Crippen molar-refractivity contribution in [2.24, 2.45) is 11.8 Å². The van der Waals surface area contributed by atoms with Crippen LogP contribution in [0.3, 0.4) is 0 Å². The SMILES string of the molecule is O=C(NCC1CCN(C(=O)C2CC2)CC1)NC[C@H]1CN(Cc2ccc(Cl)c(Cl)c2)CCO1. The maximum absolute atomic E-state index is 12.3. The Labute approximate surface area is 199 Å². The summed E-state index contributed by atoms with van der Waals surface area (Å²) in [6, 6.07) is 5.53. The highest BCUT2D eigenvalue weighted by Crippen LogP contribution is 2.32. The summed E-state index contributed by atoms with van der Waals surface area (Å²) in [6.07, 6.45) is 3.97. The lowest BCUT2D eigenvalue weighted by atomic mass is 9.96. The van der Waals surface area contributed by atoms with Gasteiger partial charge in [0.25, 0.3) is 0 Å². The van der Waals surface area contributed by atoms with Gasteiger partial charge in [-0.3, -0.25) is 9.69 Å². The number of hydrogen-bond donors (Lipinski definition) is 2. The molecule has 0 radical (unpaired) electrons. The van der Waals surface area contributed by atoms with Crippen LogP contribution in [0.2, 0.25) is 10.0 Å². The van der Waals surface area contributed by atoms with Gasteiger partial charge in [-0.05, 0) is 49.3 Å². The lowest BCUT2D eigenvalue weighted by Gasteiger charge is -2.33. The second-order valence-electron chi connectivity index (χ2n) is 9.11. The molecule has 1 aromatic rings. The second kappa shape index (κ2) is 11.1. The third-order valence-corrected chi connectivity index (χ3v) is 7.25. The van der Waals surface area contributed by atoms with E-state index in [1.807, 2.05) is 23.1 Å². The molecule has 1 aromatic carbocycles. The van der Waals surface area contributed by atoms with Crippen LogP contribution in [-0.2, 0) is 16.1 Å².